The van der Waals surface area contributed by atoms with Crippen molar-refractivity contribution in [1.29, 1.82) is 0 Å². The van der Waals surface area contributed by atoms with Crippen molar-refractivity contribution in [3.05, 3.63) is 29.3 Å². The van der Waals surface area contributed by atoms with Crippen molar-refractivity contribution in [2.75, 3.05) is 24.2 Å². The number of benzene rings is 1. The van der Waals surface area contributed by atoms with E-state index in [1.165, 1.54) is 9.87 Å². The van der Waals surface area contributed by atoms with E-state index in [9.17, 15) is 13.2 Å². The van der Waals surface area contributed by atoms with Crippen molar-refractivity contribution in [2.24, 2.45) is 5.92 Å². The highest BCUT2D eigenvalue weighted by atomic mass is 32.2. The lowest BCUT2D eigenvalue weighted by molar-refractivity contribution is -0.120. The number of hydrogen-bond donors (Lipinski definition) is 1. The second-order valence-electron chi connectivity index (χ2n) is 5.89. The van der Waals surface area contributed by atoms with Crippen LogP contribution in [0.15, 0.2) is 18.2 Å². The van der Waals surface area contributed by atoms with Crippen LogP contribution in [0.25, 0.3) is 0 Å². The van der Waals surface area contributed by atoms with Crippen LogP contribution < -0.4 is 5.32 Å². The summed E-state index contributed by atoms with van der Waals surface area (Å²) in [6.07, 6.45) is 1.46. The molecule has 1 atom stereocenters. The van der Waals surface area contributed by atoms with Gasteiger partial charge in [-0.3, -0.25) is 4.79 Å². The van der Waals surface area contributed by atoms with Crippen molar-refractivity contribution < 1.29 is 13.2 Å². The standard InChI is InChI=1S/C16H24N2O3S/c1-4-22(20,21)18-9-5-6-14(11-18)16(19)17-15-8-7-12(2)13(3)10-15/h7-8,10,14H,4-6,9,11H2,1-3H3,(H,17,19)/t14-/m0/s1. The highest BCUT2D eigenvalue weighted by Gasteiger charge is 2.31. The summed E-state index contributed by atoms with van der Waals surface area (Å²) in [5, 5.41) is 2.91. The van der Waals surface area contributed by atoms with Crippen LogP contribution in [0.5, 0.6) is 0 Å². The third-order valence-corrected chi connectivity index (χ3v) is 6.14. The maximum absolute atomic E-state index is 12.4. The summed E-state index contributed by atoms with van der Waals surface area (Å²) in [5.41, 5.74) is 3.07. The van der Waals surface area contributed by atoms with Gasteiger partial charge in [-0.25, -0.2) is 12.7 Å². The molecule has 0 aromatic heterocycles. The molecule has 0 spiro atoms. The Labute approximate surface area is 132 Å². The molecule has 1 saturated heterocycles. The molecule has 1 N–H and O–H groups in total. The minimum atomic E-state index is -3.22. The van der Waals surface area contributed by atoms with Gasteiger partial charge in [0.05, 0.1) is 11.7 Å². The molecule has 1 heterocycles. The third kappa shape index (κ3) is 3.87. The van der Waals surface area contributed by atoms with Crippen LogP contribution in [0.4, 0.5) is 5.69 Å². The molecule has 5 nitrogen and oxygen atoms in total. The number of rotatable bonds is 4. The predicted molar refractivity (Wildman–Crippen MR) is 88.3 cm³/mol. The lowest BCUT2D eigenvalue weighted by atomic mass is 9.98. The molecule has 1 aliphatic rings. The van der Waals surface area contributed by atoms with Gasteiger partial charge >= 0.3 is 0 Å². The number of sulfonamides is 1. The Kier molecular flexibility index (Phi) is 5.24. The zero-order chi connectivity index (χ0) is 16.3. The number of carbonyl (C=O) groups is 1. The van der Waals surface area contributed by atoms with Crippen LogP contribution in [0.2, 0.25) is 0 Å². The van der Waals surface area contributed by atoms with Crippen molar-refractivity contribution in [1.82, 2.24) is 4.31 Å². The van der Waals surface area contributed by atoms with Crippen molar-refractivity contribution in [3.63, 3.8) is 0 Å². The van der Waals surface area contributed by atoms with Gasteiger partial charge in [-0.05, 0) is 56.9 Å². The highest BCUT2D eigenvalue weighted by Crippen LogP contribution is 2.22. The number of amides is 1. The summed E-state index contributed by atoms with van der Waals surface area (Å²) in [4.78, 5) is 12.4. The Balaban J connectivity index is 2.04. The van der Waals surface area contributed by atoms with E-state index in [2.05, 4.69) is 5.32 Å². The molecule has 0 saturated carbocycles. The normalized spacial score (nSPS) is 19.9. The van der Waals surface area contributed by atoms with Crippen molar-refractivity contribution in [2.45, 2.75) is 33.6 Å². The van der Waals surface area contributed by atoms with Gasteiger partial charge in [-0.15, -0.1) is 0 Å². The van der Waals surface area contributed by atoms with Crippen molar-refractivity contribution in [3.8, 4) is 0 Å². The molecule has 0 bridgehead atoms. The average Bonchev–Trinajstić information content (AvgIpc) is 2.51. The highest BCUT2D eigenvalue weighted by molar-refractivity contribution is 7.89. The van der Waals surface area contributed by atoms with E-state index in [-0.39, 0.29) is 24.1 Å². The summed E-state index contributed by atoms with van der Waals surface area (Å²) in [6.45, 7) is 6.46. The summed E-state index contributed by atoms with van der Waals surface area (Å²) in [6, 6.07) is 5.79. The maximum atomic E-state index is 12.4. The van der Waals surface area contributed by atoms with Crippen molar-refractivity contribution >= 4 is 21.6 Å². The first-order chi connectivity index (χ1) is 10.3. The first-order valence-electron chi connectivity index (χ1n) is 7.69. The average molecular weight is 324 g/mol. The minimum Gasteiger partial charge on any atom is -0.326 e. The van der Waals surface area contributed by atoms with Crippen LogP contribution in [-0.4, -0.2) is 37.5 Å². The fraction of sp³-hybridized carbons (Fsp3) is 0.562. The molecular formula is C16H24N2O3S. The molecule has 1 amide bonds. The Hall–Kier alpha value is -1.40. The number of nitrogens with zero attached hydrogens (tertiary/aromatic N) is 1. The summed E-state index contributed by atoms with van der Waals surface area (Å²) in [7, 11) is -3.22. The van der Waals surface area contributed by atoms with E-state index in [4.69, 9.17) is 0 Å². The molecule has 122 valence electrons. The van der Waals surface area contributed by atoms with E-state index in [0.29, 0.717) is 6.54 Å². The van der Waals surface area contributed by atoms with E-state index >= 15 is 0 Å². The monoisotopic (exact) mass is 324 g/mol. The van der Waals surface area contributed by atoms with Gasteiger partial charge in [0.1, 0.15) is 0 Å². The number of aryl methyl sites for hydroxylation is 2. The largest absolute Gasteiger partial charge is 0.326 e. The molecule has 0 unspecified atom stereocenters. The molecule has 0 aliphatic carbocycles. The van der Waals surface area contributed by atoms with Crippen LogP contribution in [-0.2, 0) is 14.8 Å². The smallest absolute Gasteiger partial charge is 0.228 e. The van der Waals surface area contributed by atoms with Gasteiger partial charge in [0.25, 0.3) is 0 Å². The Bertz CT molecular complexity index is 655. The zero-order valence-corrected chi connectivity index (χ0v) is 14.2. The molecule has 0 radical (unpaired) electrons. The zero-order valence-electron chi connectivity index (χ0n) is 13.4. The first kappa shape index (κ1) is 17.0. The number of hydrogen-bond acceptors (Lipinski definition) is 3. The number of nitrogens with one attached hydrogen (secondary N) is 1. The van der Waals surface area contributed by atoms with E-state index in [1.807, 2.05) is 32.0 Å². The van der Waals surface area contributed by atoms with Gasteiger partial charge < -0.3 is 5.32 Å². The van der Waals surface area contributed by atoms with Gasteiger partial charge in [-0.1, -0.05) is 6.07 Å². The van der Waals surface area contributed by atoms with Gasteiger partial charge in [0.15, 0.2) is 0 Å². The molecule has 6 heteroatoms. The van der Waals surface area contributed by atoms with E-state index in [1.54, 1.807) is 6.92 Å². The van der Waals surface area contributed by atoms with E-state index in [0.717, 1.165) is 24.1 Å². The van der Waals surface area contributed by atoms with Gasteiger partial charge in [0.2, 0.25) is 15.9 Å². The summed E-state index contributed by atoms with van der Waals surface area (Å²) < 4.78 is 25.4. The molecule has 1 fully saturated rings. The predicted octanol–water partition coefficient (Wildman–Crippen LogP) is 2.30. The maximum Gasteiger partial charge on any atom is 0.228 e. The Morgan fingerprint density at radius 1 is 1.32 bits per heavy atom. The number of carbonyl (C=O) groups excluding carboxylic acids is 1. The second-order valence-corrected chi connectivity index (χ2v) is 8.14. The van der Waals surface area contributed by atoms with E-state index < -0.39 is 10.0 Å². The third-order valence-electron chi connectivity index (χ3n) is 4.29. The molecule has 1 aromatic rings. The summed E-state index contributed by atoms with van der Waals surface area (Å²) in [5.74, 6) is -0.297. The fourth-order valence-electron chi connectivity index (χ4n) is 2.66. The molecule has 1 aromatic carbocycles. The second kappa shape index (κ2) is 6.79. The molecule has 2 rings (SSSR count). The van der Waals surface area contributed by atoms with Crippen LogP contribution in [0.3, 0.4) is 0 Å². The summed E-state index contributed by atoms with van der Waals surface area (Å²) >= 11 is 0. The van der Waals surface area contributed by atoms with Crippen LogP contribution in [0, 0.1) is 19.8 Å². The molecule has 1 aliphatic heterocycles. The Morgan fingerprint density at radius 3 is 2.68 bits per heavy atom. The first-order valence-corrected chi connectivity index (χ1v) is 9.30. The molecular weight excluding hydrogens is 300 g/mol. The topological polar surface area (TPSA) is 66.5 Å². The Morgan fingerprint density at radius 2 is 2.05 bits per heavy atom. The van der Waals surface area contributed by atoms with Gasteiger partial charge in [0, 0.05) is 18.8 Å². The molecule has 22 heavy (non-hydrogen) atoms. The lowest BCUT2D eigenvalue weighted by Gasteiger charge is -2.30. The minimum absolute atomic E-state index is 0.0818. The number of piperidine rings is 1. The van der Waals surface area contributed by atoms with Crippen LogP contribution >= 0.6 is 0 Å². The van der Waals surface area contributed by atoms with Gasteiger partial charge in [-0.2, -0.15) is 0 Å². The lowest BCUT2D eigenvalue weighted by Crippen LogP contribution is -2.44. The fourth-order valence-corrected chi connectivity index (χ4v) is 3.83. The SMILES string of the molecule is CCS(=O)(=O)N1CCC[C@H](C(=O)Nc2ccc(C)c(C)c2)C1. The number of anilines is 1. The quantitative estimate of drug-likeness (QED) is 0.924. The van der Waals surface area contributed by atoms with Crippen LogP contribution in [0.1, 0.15) is 30.9 Å².